The molecule has 18 heavy (non-hydrogen) atoms. The van der Waals surface area contributed by atoms with Gasteiger partial charge in [-0.15, -0.1) is 0 Å². The lowest BCUT2D eigenvalue weighted by molar-refractivity contribution is -0.0403. The minimum Gasteiger partial charge on any atom is -0.491 e. The van der Waals surface area contributed by atoms with Crippen molar-refractivity contribution in [1.82, 2.24) is 4.90 Å². The molecule has 1 aromatic rings. The molecule has 0 aliphatic carbocycles. The molecule has 0 bridgehead atoms. The highest BCUT2D eigenvalue weighted by Gasteiger charge is 2.18. The molecule has 1 saturated heterocycles. The second-order valence-corrected chi connectivity index (χ2v) is 4.89. The van der Waals surface area contributed by atoms with E-state index in [2.05, 4.69) is 11.9 Å². The fourth-order valence-corrected chi connectivity index (χ4v) is 2.01. The highest BCUT2D eigenvalue weighted by Crippen LogP contribution is 2.13. The number of benzene rings is 1. The molecule has 0 amide bonds. The third-order valence-corrected chi connectivity index (χ3v) is 3.15. The SMILES string of the molecule is CN1CCOC(COc2ccc(C(N)=S)cc2)C1. The van der Waals surface area contributed by atoms with Gasteiger partial charge < -0.3 is 20.1 Å². The Balaban J connectivity index is 1.84. The van der Waals surface area contributed by atoms with Crippen molar-refractivity contribution in [3.8, 4) is 5.75 Å². The predicted molar refractivity (Wildman–Crippen MR) is 75.1 cm³/mol. The average molecular weight is 266 g/mol. The predicted octanol–water partition coefficient (Wildman–Crippen LogP) is 1.03. The molecule has 0 saturated carbocycles. The van der Waals surface area contributed by atoms with Crippen LogP contribution in [0.3, 0.4) is 0 Å². The Morgan fingerprint density at radius 2 is 2.22 bits per heavy atom. The van der Waals surface area contributed by atoms with E-state index in [1.807, 2.05) is 24.3 Å². The topological polar surface area (TPSA) is 47.7 Å². The van der Waals surface area contributed by atoms with Gasteiger partial charge in [-0.3, -0.25) is 0 Å². The summed E-state index contributed by atoms with van der Waals surface area (Å²) >= 11 is 4.90. The number of likely N-dealkylation sites (N-methyl/N-ethyl adjacent to an activating group) is 1. The highest BCUT2D eigenvalue weighted by atomic mass is 32.1. The lowest BCUT2D eigenvalue weighted by atomic mass is 10.2. The van der Waals surface area contributed by atoms with Crippen molar-refractivity contribution in [3.63, 3.8) is 0 Å². The van der Waals surface area contributed by atoms with Crippen molar-refractivity contribution in [2.75, 3.05) is 33.4 Å². The molecule has 1 atom stereocenters. The second-order valence-electron chi connectivity index (χ2n) is 4.45. The van der Waals surface area contributed by atoms with E-state index >= 15 is 0 Å². The lowest BCUT2D eigenvalue weighted by Crippen LogP contribution is -2.42. The van der Waals surface area contributed by atoms with Crippen LogP contribution in [0.2, 0.25) is 0 Å². The maximum Gasteiger partial charge on any atom is 0.119 e. The van der Waals surface area contributed by atoms with Gasteiger partial charge in [0.1, 0.15) is 23.4 Å². The van der Waals surface area contributed by atoms with E-state index in [9.17, 15) is 0 Å². The highest BCUT2D eigenvalue weighted by molar-refractivity contribution is 7.80. The quantitative estimate of drug-likeness (QED) is 0.825. The van der Waals surface area contributed by atoms with Gasteiger partial charge in [-0.05, 0) is 31.3 Å². The normalized spacial score (nSPS) is 20.6. The summed E-state index contributed by atoms with van der Waals surface area (Å²) in [4.78, 5) is 2.65. The van der Waals surface area contributed by atoms with Crippen molar-refractivity contribution < 1.29 is 9.47 Å². The molecule has 1 fully saturated rings. The first-order valence-corrected chi connectivity index (χ1v) is 6.39. The number of nitrogens with zero attached hydrogens (tertiary/aromatic N) is 1. The van der Waals surface area contributed by atoms with Crippen LogP contribution in [0.15, 0.2) is 24.3 Å². The molecule has 2 N–H and O–H groups in total. The third-order valence-electron chi connectivity index (χ3n) is 2.92. The van der Waals surface area contributed by atoms with Gasteiger partial charge in [0.15, 0.2) is 0 Å². The molecule has 98 valence electrons. The van der Waals surface area contributed by atoms with Gasteiger partial charge in [0, 0.05) is 18.7 Å². The number of morpholine rings is 1. The molecule has 0 radical (unpaired) electrons. The average Bonchev–Trinajstić information content (AvgIpc) is 2.37. The van der Waals surface area contributed by atoms with Crippen LogP contribution in [0.4, 0.5) is 0 Å². The first-order valence-electron chi connectivity index (χ1n) is 5.98. The van der Waals surface area contributed by atoms with E-state index in [4.69, 9.17) is 27.4 Å². The van der Waals surface area contributed by atoms with Crippen molar-refractivity contribution in [2.45, 2.75) is 6.10 Å². The molecule has 1 unspecified atom stereocenters. The molecule has 1 aliphatic rings. The molecular weight excluding hydrogens is 248 g/mol. The van der Waals surface area contributed by atoms with Gasteiger partial charge in [0.05, 0.1) is 6.61 Å². The van der Waals surface area contributed by atoms with Crippen LogP contribution in [0.25, 0.3) is 0 Å². The molecule has 1 heterocycles. The second kappa shape index (κ2) is 6.13. The third kappa shape index (κ3) is 3.66. The van der Waals surface area contributed by atoms with E-state index in [0.717, 1.165) is 31.0 Å². The van der Waals surface area contributed by atoms with Crippen LogP contribution in [0, 0.1) is 0 Å². The van der Waals surface area contributed by atoms with Crippen molar-refractivity contribution in [3.05, 3.63) is 29.8 Å². The van der Waals surface area contributed by atoms with Gasteiger partial charge in [-0.2, -0.15) is 0 Å². The minimum absolute atomic E-state index is 0.138. The Labute approximate surface area is 113 Å². The fourth-order valence-electron chi connectivity index (χ4n) is 1.87. The molecule has 0 aromatic heterocycles. The van der Waals surface area contributed by atoms with Gasteiger partial charge in [-0.1, -0.05) is 12.2 Å². The van der Waals surface area contributed by atoms with E-state index in [0.29, 0.717) is 11.6 Å². The molecule has 1 aromatic carbocycles. The van der Waals surface area contributed by atoms with Crippen LogP contribution in [-0.2, 0) is 4.74 Å². The number of rotatable bonds is 4. The Bertz CT molecular complexity index is 408. The van der Waals surface area contributed by atoms with Crippen LogP contribution in [0.5, 0.6) is 5.75 Å². The zero-order chi connectivity index (χ0) is 13.0. The maximum atomic E-state index is 5.69. The van der Waals surface area contributed by atoms with Crippen molar-refractivity contribution in [2.24, 2.45) is 5.73 Å². The van der Waals surface area contributed by atoms with E-state index < -0.39 is 0 Å². The van der Waals surface area contributed by atoms with Crippen LogP contribution in [-0.4, -0.2) is 49.3 Å². The summed E-state index contributed by atoms with van der Waals surface area (Å²) in [6.45, 7) is 3.23. The molecule has 5 heteroatoms. The smallest absolute Gasteiger partial charge is 0.119 e. The minimum atomic E-state index is 0.138. The fraction of sp³-hybridized carbons (Fsp3) is 0.462. The summed E-state index contributed by atoms with van der Waals surface area (Å²) in [6, 6.07) is 7.49. The van der Waals surface area contributed by atoms with E-state index in [-0.39, 0.29) is 6.10 Å². The van der Waals surface area contributed by atoms with Crippen LogP contribution in [0.1, 0.15) is 5.56 Å². The zero-order valence-corrected chi connectivity index (χ0v) is 11.3. The number of hydrogen-bond donors (Lipinski definition) is 1. The number of ether oxygens (including phenoxy) is 2. The molecule has 4 nitrogen and oxygen atoms in total. The van der Waals surface area contributed by atoms with Gasteiger partial charge in [0.2, 0.25) is 0 Å². The summed E-state index contributed by atoms with van der Waals surface area (Å²) in [6.07, 6.45) is 0.138. The Morgan fingerprint density at radius 3 is 2.83 bits per heavy atom. The van der Waals surface area contributed by atoms with Crippen molar-refractivity contribution in [1.29, 1.82) is 0 Å². The number of hydrogen-bond acceptors (Lipinski definition) is 4. The Kier molecular flexibility index (Phi) is 4.52. The summed E-state index contributed by atoms with van der Waals surface area (Å²) in [7, 11) is 2.09. The first kappa shape index (κ1) is 13.3. The standard InChI is InChI=1S/C13H18N2O2S/c1-15-6-7-16-12(8-15)9-17-11-4-2-10(3-5-11)13(14)18/h2-5,12H,6-9H2,1H3,(H2,14,18). The summed E-state index contributed by atoms with van der Waals surface area (Å²) in [5.74, 6) is 0.812. The van der Waals surface area contributed by atoms with Gasteiger partial charge >= 0.3 is 0 Å². The van der Waals surface area contributed by atoms with Crippen LogP contribution >= 0.6 is 12.2 Å². The van der Waals surface area contributed by atoms with Gasteiger partial charge in [-0.25, -0.2) is 0 Å². The Morgan fingerprint density at radius 1 is 1.50 bits per heavy atom. The van der Waals surface area contributed by atoms with Gasteiger partial charge in [0.25, 0.3) is 0 Å². The van der Waals surface area contributed by atoms with Crippen LogP contribution < -0.4 is 10.5 Å². The monoisotopic (exact) mass is 266 g/mol. The molecule has 1 aliphatic heterocycles. The summed E-state index contributed by atoms with van der Waals surface area (Å²) in [5, 5.41) is 0. The largest absolute Gasteiger partial charge is 0.491 e. The first-order chi connectivity index (χ1) is 8.65. The number of thiocarbonyl (C=S) groups is 1. The molecule has 2 rings (SSSR count). The summed E-state index contributed by atoms with van der Waals surface area (Å²) < 4.78 is 11.3. The van der Waals surface area contributed by atoms with E-state index in [1.54, 1.807) is 0 Å². The summed E-state index contributed by atoms with van der Waals surface area (Å²) in [5.41, 5.74) is 6.39. The van der Waals surface area contributed by atoms with Crippen molar-refractivity contribution >= 4 is 17.2 Å². The maximum absolute atomic E-state index is 5.69. The van der Waals surface area contributed by atoms with E-state index in [1.165, 1.54) is 0 Å². The number of nitrogens with two attached hydrogens (primary N) is 1. The zero-order valence-electron chi connectivity index (χ0n) is 10.5. The Hall–Kier alpha value is -1.17. The molecular formula is C13H18N2O2S. The lowest BCUT2D eigenvalue weighted by Gasteiger charge is -2.29. The molecule has 0 spiro atoms.